The van der Waals surface area contributed by atoms with Gasteiger partial charge >= 0.3 is 6.18 Å². The van der Waals surface area contributed by atoms with Crippen molar-refractivity contribution < 1.29 is 22.8 Å². The maximum absolute atomic E-state index is 13.2. The zero-order chi connectivity index (χ0) is 25.5. The monoisotopic (exact) mass is 506 g/mol. The number of hydrogen-bond donors (Lipinski definition) is 1. The molecular weight excluding hydrogens is 481 g/mol. The molecule has 0 spiro atoms. The normalized spacial score (nSPS) is 18.6. The Morgan fingerprint density at radius 3 is 2.54 bits per heavy atom. The first-order chi connectivity index (χ1) is 16.4. The first-order valence-electron chi connectivity index (χ1n) is 11.2. The summed E-state index contributed by atoms with van der Waals surface area (Å²) in [5, 5.41) is 2.65. The number of rotatable bonds is 4. The molecule has 3 aromatic rings. The number of benzene rings is 1. The van der Waals surface area contributed by atoms with Crippen LogP contribution in [0.4, 0.5) is 18.9 Å². The van der Waals surface area contributed by atoms with E-state index >= 15 is 0 Å². The predicted octanol–water partition coefficient (Wildman–Crippen LogP) is 4.54. The van der Waals surface area contributed by atoms with Gasteiger partial charge in [-0.3, -0.25) is 19.0 Å². The number of halogens is 3. The number of carbonyl (C=O) groups excluding carboxylic acids is 2. The number of amides is 2. The van der Waals surface area contributed by atoms with Crippen molar-refractivity contribution in [3.63, 3.8) is 0 Å². The number of fused-ring (bicyclic) bond motifs is 1. The van der Waals surface area contributed by atoms with E-state index in [0.717, 1.165) is 34.5 Å². The molecule has 186 valence electrons. The first-order valence-corrected chi connectivity index (χ1v) is 12.0. The summed E-state index contributed by atoms with van der Waals surface area (Å²) in [5.41, 5.74) is -0.885. The Bertz CT molecular complexity index is 1340. The van der Waals surface area contributed by atoms with Crippen LogP contribution in [-0.2, 0) is 17.5 Å². The quantitative estimate of drug-likeness (QED) is 0.563. The molecule has 4 rings (SSSR count). The second kappa shape index (κ2) is 9.44. The van der Waals surface area contributed by atoms with Gasteiger partial charge in [-0.25, -0.2) is 4.98 Å². The number of thiophene rings is 1. The zero-order valence-electron chi connectivity index (χ0n) is 19.5. The van der Waals surface area contributed by atoms with Crippen LogP contribution >= 0.6 is 11.3 Å². The van der Waals surface area contributed by atoms with Gasteiger partial charge in [0.2, 0.25) is 5.91 Å². The number of nitrogens with zero attached hydrogens (tertiary/aromatic N) is 3. The Kier molecular flexibility index (Phi) is 6.72. The third-order valence-corrected chi connectivity index (χ3v) is 7.24. The lowest BCUT2D eigenvalue weighted by molar-refractivity contribution is -0.137. The third-order valence-electron chi connectivity index (χ3n) is 6.06. The van der Waals surface area contributed by atoms with Gasteiger partial charge in [-0.2, -0.15) is 13.2 Å². The van der Waals surface area contributed by atoms with E-state index in [1.54, 1.807) is 6.92 Å². The Morgan fingerprint density at radius 1 is 1.20 bits per heavy atom. The van der Waals surface area contributed by atoms with Crippen molar-refractivity contribution in [3.05, 3.63) is 57.0 Å². The SMILES string of the molecule is Cc1c(C(=O)N2C[C@H](C)C[C@@H](C)C2)sc2ncn(CC(=O)Nc3cccc(C(F)(F)F)c3)c(=O)c12. The maximum Gasteiger partial charge on any atom is 0.416 e. The number of alkyl halides is 3. The van der Waals surface area contributed by atoms with Gasteiger partial charge in [0.1, 0.15) is 11.4 Å². The van der Waals surface area contributed by atoms with Crippen LogP contribution in [0.2, 0.25) is 0 Å². The molecule has 2 aromatic heterocycles. The van der Waals surface area contributed by atoms with Crippen molar-refractivity contribution in [3.8, 4) is 0 Å². The van der Waals surface area contributed by atoms with E-state index in [4.69, 9.17) is 0 Å². The molecule has 11 heteroatoms. The van der Waals surface area contributed by atoms with Crippen LogP contribution in [0.15, 0.2) is 35.4 Å². The van der Waals surface area contributed by atoms with Crippen LogP contribution in [-0.4, -0.2) is 39.4 Å². The predicted molar refractivity (Wildman–Crippen MR) is 128 cm³/mol. The first kappa shape index (κ1) is 24.9. The second-order valence-electron chi connectivity index (χ2n) is 9.20. The molecule has 35 heavy (non-hydrogen) atoms. The molecule has 1 fully saturated rings. The topological polar surface area (TPSA) is 84.3 Å². The summed E-state index contributed by atoms with van der Waals surface area (Å²) in [4.78, 5) is 45.7. The van der Waals surface area contributed by atoms with Gasteiger partial charge < -0.3 is 10.2 Å². The van der Waals surface area contributed by atoms with E-state index in [9.17, 15) is 27.6 Å². The second-order valence-corrected chi connectivity index (χ2v) is 10.2. The highest BCUT2D eigenvalue weighted by Crippen LogP contribution is 2.31. The molecular formula is C24H25F3N4O3S. The van der Waals surface area contributed by atoms with Crippen molar-refractivity contribution in [2.45, 2.75) is 39.9 Å². The molecule has 7 nitrogen and oxygen atoms in total. The average Bonchev–Trinajstić information content (AvgIpc) is 3.11. The zero-order valence-corrected chi connectivity index (χ0v) is 20.3. The summed E-state index contributed by atoms with van der Waals surface area (Å²) in [6.45, 7) is 6.79. The number of aromatic nitrogens is 2. The smallest absolute Gasteiger partial charge is 0.337 e. The Balaban J connectivity index is 1.56. The molecule has 1 aliphatic heterocycles. The number of nitrogens with one attached hydrogen (secondary N) is 1. The van der Waals surface area contributed by atoms with E-state index in [-0.39, 0.29) is 17.0 Å². The largest absolute Gasteiger partial charge is 0.416 e. The minimum Gasteiger partial charge on any atom is -0.337 e. The highest BCUT2D eigenvalue weighted by molar-refractivity contribution is 7.20. The number of aryl methyl sites for hydroxylation is 1. The van der Waals surface area contributed by atoms with Gasteiger partial charge in [0.05, 0.1) is 22.2 Å². The minimum absolute atomic E-state index is 0.0310. The number of likely N-dealkylation sites (tertiary alicyclic amines) is 1. The van der Waals surface area contributed by atoms with Crippen LogP contribution in [0.25, 0.3) is 10.2 Å². The van der Waals surface area contributed by atoms with E-state index in [0.29, 0.717) is 40.2 Å². The summed E-state index contributed by atoms with van der Waals surface area (Å²) in [6.07, 6.45) is -2.27. The van der Waals surface area contributed by atoms with Gasteiger partial charge in [-0.1, -0.05) is 19.9 Å². The van der Waals surface area contributed by atoms with Crippen molar-refractivity contribution in [1.82, 2.24) is 14.5 Å². The highest BCUT2D eigenvalue weighted by atomic mass is 32.1. The number of carbonyl (C=O) groups is 2. The fourth-order valence-electron chi connectivity index (χ4n) is 4.58. The summed E-state index contributed by atoms with van der Waals surface area (Å²) < 4.78 is 39.8. The molecule has 0 bridgehead atoms. The summed E-state index contributed by atoms with van der Waals surface area (Å²) in [7, 11) is 0. The molecule has 1 saturated heterocycles. The molecule has 1 aromatic carbocycles. The fraction of sp³-hybridized carbons (Fsp3) is 0.417. The number of anilines is 1. The van der Waals surface area contributed by atoms with Gasteiger partial charge in [0.15, 0.2) is 0 Å². The standard InChI is InChI=1S/C24H25F3N4O3S/c1-13-7-14(2)10-30(9-13)23(34)20-15(3)19-21(35-20)28-12-31(22(19)33)11-18(32)29-17-6-4-5-16(8-17)24(25,26)27/h4-6,8,12-14H,7,9-11H2,1-3H3,(H,29,32)/t13-,14-/m1/s1. The van der Waals surface area contributed by atoms with Gasteiger partial charge in [-0.15, -0.1) is 11.3 Å². The van der Waals surface area contributed by atoms with E-state index in [1.165, 1.54) is 18.5 Å². The van der Waals surface area contributed by atoms with Crippen LogP contribution in [0.3, 0.4) is 0 Å². The van der Waals surface area contributed by atoms with Crippen LogP contribution in [0, 0.1) is 18.8 Å². The lowest BCUT2D eigenvalue weighted by atomic mass is 9.92. The van der Waals surface area contributed by atoms with E-state index in [1.807, 2.05) is 4.90 Å². The lowest BCUT2D eigenvalue weighted by Crippen LogP contribution is -2.42. The molecule has 0 aliphatic carbocycles. The van der Waals surface area contributed by atoms with Crippen LogP contribution < -0.4 is 10.9 Å². The lowest BCUT2D eigenvalue weighted by Gasteiger charge is -2.34. The summed E-state index contributed by atoms with van der Waals surface area (Å²) in [6, 6.07) is 4.25. The number of piperidine rings is 1. The molecule has 2 amide bonds. The molecule has 2 atom stereocenters. The van der Waals surface area contributed by atoms with Crippen molar-refractivity contribution in [1.29, 1.82) is 0 Å². The number of hydrogen-bond acceptors (Lipinski definition) is 5. The van der Waals surface area contributed by atoms with Crippen molar-refractivity contribution >= 4 is 39.1 Å². The summed E-state index contributed by atoms with van der Waals surface area (Å²) >= 11 is 1.15. The minimum atomic E-state index is -4.54. The fourth-order valence-corrected chi connectivity index (χ4v) is 5.68. The van der Waals surface area contributed by atoms with Gasteiger partial charge in [-0.05, 0) is 48.9 Å². The Morgan fingerprint density at radius 2 is 1.89 bits per heavy atom. The molecule has 3 heterocycles. The molecule has 0 radical (unpaired) electrons. The maximum atomic E-state index is 13.2. The summed E-state index contributed by atoms with van der Waals surface area (Å²) in [5.74, 6) is -0.0173. The molecule has 1 aliphatic rings. The Labute approximate surface area is 203 Å². The van der Waals surface area contributed by atoms with Crippen molar-refractivity contribution in [2.75, 3.05) is 18.4 Å². The highest BCUT2D eigenvalue weighted by Gasteiger charge is 2.31. The van der Waals surface area contributed by atoms with Gasteiger partial charge in [0, 0.05) is 18.8 Å². The average molecular weight is 507 g/mol. The Hall–Kier alpha value is -3.21. The van der Waals surface area contributed by atoms with E-state index < -0.39 is 29.8 Å². The molecule has 1 N–H and O–H groups in total. The van der Waals surface area contributed by atoms with Crippen LogP contribution in [0.5, 0.6) is 0 Å². The van der Waals surface area contributed by atoms with Crippen molar-refractivity contribution in [2.24, 2.45) is 11.8 Å². The van der Waals surface area contributed by atoms with E-state index in [2.05, 4.69) is 24.1 Å². The van der Waals surface area contributed by atoms with Gasteiger partial charge in [0.25, 0.3) is 11.5 Å². The molecule has 0 saturated carbocycles. The molecule has 0 unspecified atom stereocenters. The van der Waals surface area contributed by atoms with Crippen LogP contribution in [0.1, 0.15) is 41.1 Å². The third kappa shape index (κ3) is 5.24.